The molecule has 0 saturated heterocycles. The van der Waals surface area contributed by atoms with Crippen LogP contribution in [-0.4, -0.2) is 34.6 Å². The Labute approximate surface area is 209 Å². The summed E-state index contributed by atoms with van der Waals surface area (Å²) in [7, 11) is 1.45. The van der Waals surface area contributed by atoms with Crippen LogP contribution in [0.25, 0.3) is 11.0 Å². The molecule has 6 heteroatoms. The molecule has 1 amide bonds. The average molecular weight is 480 g/mol. The Kier molecular flexibility index (Phi) is 7.17. The first kappa shape index (κ1) is 24.3. The summed E-state index contributed by atoms with van der Waals surface area (Å²) in [6.45, 7) is 3.84. The van der Waals surface area contributed by atoms with E-state index in [9.17, 15) is 9.59 Å². The van der Waals surface area contributed by atoms with Crippen molar-refractivity contribution in [1.29, 1.82) is 0 Å². The van der Waals surface area contributed by atoms with E-state index < -0.39 is 0 Å². The lowest BCUT2D eigenvalue weighted by molar-refractivity contribution is -0.122. The van der Waals surface area contributed by atoms with Crippen LogP contribution in [0.3, 0.4) is 0 Å². The maximum atomic E-state index is 12.6. The standard InChI is InChI=1S/C29H41N3O3/c1-19-12-14-24-25(31(19)29(34)35-3)15-16-26-28(24)30-27(17-13-21-8-5-4-6-9-21)32(26)23-11-7-10-22(18-23)20(2)33/h15-16,19,21-23H,4-14,17-18H2,1-3H3/t19-,22+,23+/m0/s1. The Morgan fingerprint density at radius 1 is 1.06 bits per heavy atom. The molecule has 190 valence electrons. The van der Waals surface area contributed by atoms with Crippen molar-refractivity contribution >= 4 is 28.6 Å². The van der Waals surface area contributed by atoms with Crippen molar-refractivity contribution in [3.8, 4) is 0 Å². The molecule has 2 aromatic rings. The van der Waals surface area contributed by atoms with Crippen LogP contribution in [-0.2, 0) is 22.4 Å². The number of carbonyl (C=O) groups is 2. The maximum absolute atomic E-state index is 12.6. The van der Waals surface area contributed by atoms with Crippen molar-refractivity contribution in [3.63, 3.8) is 0 Å². The quantitative estimate of drug-likeness (QED) is 0.474. The fourth-order valence-corrected chi connectivity index (χ4v) is 6.98. The third kappa shape index (κ3) is 4.73. The Morgan fingerprint density at radius 2 is 1.86 bits per heavy atom. The lowest BCUT2D eigenvalue weighted by Crippen LogP contribution is -2.42. The highest BCUT2D eigenvalue weighted by Crippen LogP contribution is 2.41. The van der Waals surface area contributed by atoms with Crippen LogP contribution in [0.15, 0.2) is 12.1 Å². The summed E-state index contributed by atoms with van der Waals surface area (Å²) in [4.78, 5) is 32.0. The average Bonchev–Trinajstić information content (AvgIpc) is 3.26. The minimum atomic E-state index is -0.300. The van der Waals surface area contributed by atoms with Crippen molar-refractivity contribution in [2.24, 2.45) is 11.8 Å². The van der Waals surface area contributed by atoms with Gasteiger partial charge in [-0.1, -0.05) is 38.5 Å². The number of anilines is 1. The lowest BCUT2D eigenvalue weighted by Gasteiger charge is -2.34. The largest absolute Gasteiger partial charge is 0.452 e. The number of amides is 1. The molecule has 2 heterocycles. The molecule has 2 saturated carbocycles. The summed E-state index contributed by atoms with van der Waals surface area (Å²) in [6, 6.07) is 4.69. The topological polar surface area (TPSA) is 64.4 Å². The molecule has 2 aliphatic carbocycles. The van der Waals surface area contributed by atoms with Gasteiger partial charge in [-0.2, -0.15) is 0 Å². The van der Waals surface area contributed by atoms with Gasteiger partial charge in [-0.05, 0) is 70.4 Å². The number of Topliss-reactive ketones (excluding diaryl/α,β-unsaturated/α-hetero) is 1. The van der Waals surface area contributed by atoms with Crippen LogP contribution in [0.1, 0.15) is 102 Å². The molecule has 5 rings (SSSR count). The van der Waals surface area contributed by atoms with Gasteiger partial charge in [0, 0.05) is 30.0 Å². The van der Waals surface area contributed by atoms with Gasteiger partial charge < -0.3 is 9.30 Å². The van der Waals surface area contributed by atoms with Crippen molar-refractivity contribution in [2.75, 3.05) is 12.0 Å². The van der Waals surface area contributed by atoms with Crippen molar-refractivity contribution in [1.82, 2.24) is 9.55 Å². The van der Waals surface area contributed by atoms with E-state index in [1.54, 1.807) is 11.8 Å². The van der Waals surface area contributed by atoms with Gasteiger partial charge in [-0.3, -0.25) is 9.69 Å². The summed E-state index contributed by atoms with van der Waals surface area (Å²) in [6.07, 6.45) is 14.6. The highest BCUT2D eigenvalue weighted by Gasteiger charge is 2.33. The van der Waals surface area contributed by atoms with Gasteiger partial charge in [0.25, 0.3) is 0 Å². The number of aryl methyl sites for hydroxylation is 2. The SMILES string of the molecule is COC(=O)N1c2ccc3c(nc(CCC4CCCCC4)n3[C@@H]3CCC[C@@H](C(C)=O)C3)c2CC[C@@H]1C. The Bertz CT molecular complexity index is 1080. The minimum absolute atomic E-state index is 0.106. The van der Waals surface area contributed by atoms with Crippen LogP contribution in [0.4, 0.5) is 10.5 Å². The van der Waals surface area contributed by atoms with Crippen LogP contribution in [0.5, 0.6) is 0 Å². The number of rotatable bonds is 5. The van der Waals surface area contributed by atoms with E-state index >= 15 is 0 Å². The molecule has 0 unspecified atom stereocenters. The molecule has 1 aliphatic heterocycles. The minimum Gasteiger partial charge on any atom is -0.452 e. The van der Waals surface area contributed by atoms with Gasteiger partial charge in [0.1, 0.15) is 11.6 Å². The van der Waals surface area contributed by atoms with Gasteiger partial charge in [-0.25, -0.2) is 9.78 Å². The molecule has 0 radical (unpaired) electrons. The summed E-state index contributed by atoms with van der Waals surface area (Å²) >= 11 is 0. The molecule has 35 heavy (non-hydrogen) atoms. The predicted octanol–water partition coefficient (Wildman–Crippen LogP) is 6.78. The van der Waals surface area contributed by atoms with E-state index in [0.29, 0.717) is 11.8 Å². The Morgan fingerprint density at radius 3 is 2.60 bits per heavy atom. The van der Waals surface area contributed by atoms with E-state index in [2.05, 4.69) is 23.6 Å². The van der Waals surface area contributed by atoms with E-state index in [-0.39, 0.29) is 18.1 Å². The molecular formula is C29H41N3O3. The zero-order chi connectivity index (χ0) is 24.5. The van der Waals surface area contributed by atoms with Crippen molar-refractivity contribution in [2.45, 2.75) is 109 Å². The number of aromatic nitrogens is 2. The van der Waals surface area contributed by atoms with E-state index in [4.69, 9.17) is 9.72 Å². The van der Waals surface area contributed by atoms with Gasteiger partial charge in [0.15, 0.2) is 0 Å². The summed E-state index contributed by atoms with van der Waals surface area (Å²) in [5.74, 6) is 2.46. The summed E-state index contributed by atoms with van der Waals surface area (Å²) in [5, 5.41) is 0. The van der Waals surface area contributed by atoms with Gasteiger partial charge in [0.05, 0.1) is 23.8 Å². The van der Waals surface area contributed by atoms with E-state index in [1.807, 2.05) is 0 Å². The first-order valence-electron chi connectivity index (χ1n) is 13.9. The predicted molar refractivity (Wildman–Crippen MR) is 139 cm³/mol. The summed E-state index contributed by atoms with van der Waals surface area (Å²) in [5.41, 5.74) is 4.34. The first-order chi connectivity index (χ1) is 17.0. The number of imidazole rings is 1. The van der Waals surface area contributed by atoms with E-state index in [1.165, 1.54) is 62.5 Å². The lowest BCUT2D eigenvalue weighted by atomic mass is 9.83. The fraction of sp³-hybridized carbons (Fsp3) is 0.690. The van der Waals surface area contributed by atoms with E-state index in [0.717, 1.165) is 62.1 Å². The molecule has 3 atom stereocenters. The molecule has 3 aliphatic rings. The number of methoxy groups -OCH3 is 1. The van der Waals surface area contributed by atoms with Crippen LogP contribution in [0.2, 0.25) is 0 Å². The number of ketones is 1. The molecule has 0 N–H and O–H groups in total. The zero-order valence-corrected chi connectivity index (χ0v) is 21.7. The van der Waals surface area contributed by atoms with Crippen LogP contribution in [0, 0.1) is 11.8 Å². The number of hydrogen-bond donors (Lipinski definition) is 0. The molecule has 1 aromatic carbocycles. The molecular weight excluding hydrogens is 438 g/mol. The monoisotopic (exact) mass is 479 g/mol. The number of ether oxygens (including phenoxy) is 1. The van der Waals surface area contributed by atoms with Crippen LogP contribution >= 0.6 is 0 Å². The van der Waals surface area contributed by atoms with Crippen molar-refractivity contribution in [3.05, 3.63) is 23.5 Å². The number of fused-ring (bicyclic) bond motifs is 3. The number of nitrogens with zero attached hydrogens (tertiary/aromatic N) is 3. The number of hydrogen-bond acceptors (Lipinski definition) is 4. The normalized spacial score (nSPS) is 25.5. The van der Waals surface area contributed by atoms with Gasteiger partial charge in [0.2, 0.25) is 0 Å². The Hall–Kier alpha value is -2.37. The third-order valence-electron chi connectivity index (χ3n) is 8.99. The summed E-state index contributed by atoms with van der Waals surface area (Å²) < 4.78 is 7.62. The highest BCUT2D eigenvalue weighted by molar-refractivity contribution is 5.95. The zero-order valence-electron chi connectivity index (χ0n) is 21.7. The molecule has 6 nitrogen and oxygen atoms in total. The molecule has 0 spiro atoms. The third-order valence-corrected chi connectivity index (χ3v) is 8.99. The second-order valence-corrected chi connectivity index (χ2v) is 11.2. The van der Waals surface area contributed by atoms with Crippen LogP contribution < -0.4 is 4.90 Å². The van der Waals surface area contributed by atoms with Gasteiger partial charge >= 0.3 is 6.09 Å². The number of carbonyl (C=O) groups excluding carboxylic acids is 2. The highest BCUT2D eigenvalue weighted by atomic mass is 16.5. The molecule has 0 bridgehead atoms. The fourth-order valence-electron chi connectivity index (χ4n) is 6.98. The smallest absolute Gasteiger partial charge is 0.414 e. The molecule has 1 aromatic heterocycles. The molecule has 2 fully saturated rings. The maximum Gasteiger partial charge on any atom is 0.414 e. The van der Waals surface area contributed by atoms with Crippen molar-refractivity contribution < 1.29 is 14.3 Å². The first-order valence-corrected chi connectivity index (χ1v) is 13.9. The second-order valence-electron chi connectivity index (χ2n) is 11.2. The Balaban J connectivity index is 1.56. The van der Waals surface area contributed by atoms with Gasteiger partial charge in [-0.15, -0.1) is 0 Å². The second kappa shape index (κ2) is 10.3. The number of benzene rings is 1.